The summed E-state index contributed by atoms with van der Waals surface area (Å²) in [7, 11) is 1.43. The highest BCUT2D eigenvalue weighted by Crippen LogP contribution is 2.34. The third-order valence-electron chi connectivity index (χ3n) is 3.61. The minimum absolute atomic E-state index is 0.179. The van der Waals surface area contributed by atoms with Crippen molar-refractivity contribution in [2.75, 3.05) is 20.0 Å². The van der Waals surface area contributed by atoms with Gasteiger partial charge >= 0.3 is 5.97 Å². The number of carbonyl (C=O) groups excluding carboxylic acids is 1. The molecule has 4 nitrogen and oxygen atoms in total. The lowest BCUT2D eigenvalue weighted by Gasteiger charge is -2.14. The van der Waals surface area contributed by atoms with Gasteiger partial charge in [0.05, 0.1) is 19.4 Å². The largest absolute Gasteiger partial charge is 0.493 e. The molecule has 0 aliphatic rings. The van der Waals surface area contributed by atoms with Crippen molar-refractivity contribution in [2.24, 2.45) is 0 Å². The van der Waals surface area contributed by atoms with Crippen molar-refractivity contribution in [1.82, 2.24) is 4.98 Å². The molecule has 0 spiro atoms. The molecule has 1 aromatic carbocycles. The van der Waals surface area contributed by atoms with E-state index in [2.05, 4.69) is 4.98 Å². The molecular formula is C20H26FNO3S. The SMILES string of the molecule is CC.CCOC(=O)c1nc(-c2ccc(C)c(OC)c2F)cc(C)c1SC. The van der Waals surface area contributed by atoms with Crippen LogP contribution in [0.1, 0.15) is 42.4 Å². The molecule has 1 aromatic heterocycles. The minimum Gasteiger partial charge on any atom is -0.493 e. The van der Waals surface area contributed by atoms with Crippen LogP contribution in [0, 0.1) is 19.7 Å². The number of halogens is 1. The summed E-state index contributed by atoms with van der Waals surface area (Å²) in [6.07, 6.45) is 1.86. The zero-order chi connectivity index (χ0) is 19.9. The molecular weight excluding hydrogens is 353 g/mol. The fourth-order valence-electron chi connectivity index (χ4n) is 2.50. The Bertz CT molecular complexity index is 778. The van der Waals surface area contributed by atoms with Gasteiger partial charge in [-0.3, -0.25) is 0 Å². The predicted octanol–water partition coefficient (Wildman–Crippen LogP) is 5.44. The van der Waals surface area contributed by atoms with Crippen molar-refractivity contribution in [2.45, 2.75) is 39.5 Å². The van der Waals surface area contributed by atoms with Gasteiger partial charge in [0.1, 0.15) is 0 Å². The summed E-state index contributed by atoms with van der Waals surface area (Å²) in [6.45, 7) is 9.62. The molecule has 0 bridgehead atoms. The molecule has 0 amide bonds. The van der Waals surface area contributed by atoms with E-state index < -0.39 is 11.8 Å². The van der Waals surface area contributed by atoms with Gasteiger partial charge in [0.15, 0.2) is 17.3 Å². The first-order chi connectivity index (χ1) is 12.4. The first-order valence-electron chi connectivity index (χ1n) is 8.50. The highest BCUT2D eigenvalue weighted by atomic mass is 32.2. The minimum atomic E-state index is -0.508. The molecule has 0 unspecified atom stereocenters. The number of benzene rings is 1. The molecule has 6 heteroatoms. The molecule has 26 heavy (non-hydrogen) atoms. The second-order valence-electron chi connectivity index (χ2n) is 5.20. The average Bonchev–Trinajstić information content (AvgIpc) is 2.63. The second-order valence-corrected chi connectivity index (χ2v) is 6.02. The molecule has 0 atom stereocenters. The first-order valence-corrected chi connectivity index (χ1v) is 9.73. The lowest BCUT2D eigenvalue weighted by molar-refractivity contribution is 0.0515. The Morgan fingerprint density at radius 1 is 1.23 bits per heavy atom. The molecule has 0 saturated heterocycles. The number of methoxy groups -OCH3 is 1. The number of carbonyl (C=O) groups is 1. The summed E-state index contributed by atoms with van der Waals surface area (Å²) < 4.78 is 24.9. The third kappa shape index (κ3) is 4.55. The van der Waals surface area contributed by atoms with Crippen molar-refractivity contribution in [3.05, 3.63) is 40.8 Å². The molecule has 142 valence electrons. The first kappa shape index (κ1) is 22.0. The summed E-state index contributed by atoms with van der Waals surface area (Å²) in [5.41, 5.74) is 2.41. The van der Waals surface area contributed by atoms with Crippen molar-refractivity contribution >= 4 is 17.7 Å². The molecule has 1 heterocycles. The van der Waals surface area contributed by atoms with Crippen molar-refractivity contribution in [3.63, 3.8) is 0 Å². The topological polar surface area (TPSA) is 48.4 Å². The third-order valence-corrected chi connectivity index (χ3v) is 4.53. The van der Waals surface area contributed by atoms with Crippen LogP contribution < -0.4 is 4.74 Å². The van der Waals surface area contributed by atoms with Crippen LogP contribution in [0.3, 0.4) is 0 Å². The van der Waals surface area contributed by atoms with Gasteiger partial charge in [-0.2, -0.15) is 0 Å². The number of nitrogens with zero attached hydrogens (tertiary/aromatic N) is 1. The van der Waals surface area contributed by atoms with Crippen LogP contribution in [0.5, 0.6) is 5.75 Å². The number of ether oxygens (including phenoxy) is 2. The molecule has 0 aliphatic heterocycles. The van der Waals surface area contributed by atoms with Crippen molar-refractivity contribution in [3.8, 4) is 17.0 Å². The number of hydrogen-bond donors (Lipinski definition) is 0. The standard InChI is InChI=1S/C18H20FNO3S.C2H6/c1-6-23-18(21)15-17(24-5)11(3)9-13(20-15)12-8-7-10(2)16(22-4)14(12)19;1-2/h7-9H,6H2,1-5H3;1-2H3. The summed E-state index contributed by atoms with van der Waals surface area (Å²) in [5.74, 6) is -0.819. The number of pyridine rings is 1. The van der Waals surface area contributed by atoms with Crippen LogP contribution in [-0.2, 0) is 4.74 Å². The van der Waals surface area contributed by atoms with E-state index in [9.17, 15) is 9.18 Å². The number of hydrogen-bond acceptors (Lipinski definition) is 5. The van der Waals surface area contributed by atoms with Gasteiger partial charge in [-0.05, 0) is 50.3 Å². The Labute approximate surface area is 159 Å². The zero-order valence-corrected chi connectivity index (χ0v) is 17.2. The number of aryl methyl sites for hydroxylation is 2. The molecule has 0 radical (unpaired) electrons. The summed E-state index contributed by atoms with van der Waals surface area (Å²) in [6, 6.07) is 5.17. The number of rotatable bonds is 5. The molecule has 2 rings (SSSR count). The Morgan fingerprint density at radius 3 is 2.42 bits per heavy atom. The van der Waals surface area contributed by atoms with E-state index in [1.54, 1.807) is 32.0 Å². The highest BCUT2D eigenvalue weighted by Gasteiger charge is 2.21. The van der Waals surface area contributed by atoms with Crippen LogP contribution in [0.15, 0.2) is 23.1 Å². The second kappa shape index (κ2) is 10.2. The van der Waals surface area contributed by atoms with E-state index in [4.69, 9.17) is 9.47 Å². The normalized spacial score (nSPS) is 10.0. The van der Waals surface area contributed by atoms with Crippen molar-refractivity contribution in [1.29, 1.82) is 0 Å². The maximum absolute atomic E-state index is 14.7. The molecule has 0 saturated carbocycles. The Kier molecular flexibility index (Phi) is 8.58. The summed E-state index contributed by atoms with van der Waals surface area (Å²) in [4.78, 5) is 17.3. The Balaban J connectivity index is 0.00000163. The lowest BCUT2D eigenvalue weighted by Crippen LogP contribution is -2.11. The van der Waals surface area contributed by atoms with E-state index in [1.807, 2.05) is 27.0 Å². The van der Waals surface area contributed by atoms with Gasteiger partial charge in [0.25, 0.3) is 0 Å². The average molecular weight is 379 g/mol. The van der Waals surface area contributed by atoms with Crippen LogP contribution in [0.2, 0.25) is 0 Å². The van der Waals surface area contributed by atoms with Crippen LogP contribution in [-0.4, -0.2) is 30.9 Å². The maximum atomic E-state index is 14.7. The smallest absolute Gasteiger partial charge is 0.358 e. The monoisotopic (exact) mass is 379 g/mol. The van der Waals surface area contributed by atoms with Crippen molar-refractivity contribution < 1.29 is 18.7 Å². The fraction of sp³-hybridized carbons (Fsp3) is 0.400. The maximum Gasteiger partial charge on any atom is 0.358 e. The van der Waals surface area contributed by atoms with E-state index in [0.29, 0.717) is 16.8 Å². The lowest BCUT2D eigenvalue weighted by atomic mass is 10.0. The van der Waals surface area contributed by atoms with E-state index in [0.717, 1.165) is 10.5 Å². The molecule has 0 aliphatic carbocycles. The fourth-order valence-corrected chi connectivity index (χ4v) is 3.20. The van der Waals surface area contributed by atoms with E-state index in [1.165, 1.54) is 18.9 Å². The van der Waals surface area contributed by atoms with Crippen LogP contribution in [0.25, 0.3) is 11.3 Å². The van der Waals surface area contributed by atoms with Gasteiger partial charge in [0, 0.05) is 10.5 Å². The number of aromatic nitrogens is 1. The van der Waals surface area contributed by atoms with Gasteiger partial charge in [-0.15, -0.1) is 11.8 Å². The van der Waals surface area contributed by atoms with Gasteiger partial charge < -0.3 is 9.47 Å². The summed E-state index contributed by atoms with van der Waals surface area (Å²) in [5, 5.41) is 0. The van der Waals surface area contributed by atoms with E-state index >= 15 is 0 Å². The van der Waals surface area contributed by atoms with Gasteiger partial charge in [-0.25, -0.2) is 14.2 Å². The summed E-state index contributed by atoms with van der Waals surface area (Å²) >= 11 is 1.41. The van der Waals surface area contributed by atoms with E-state index in [-0.39, 0.29) is 18.1 Å². The Morgan fingerprint density at radius 2 is 1.88 bits per heavy atom. The highest BCUT2D eigenvalue weighted by molar-refractivity contribution is 7.98. The van der Waals surface area contributed by atoms with Gasteiger partial charge in [-0.1, -0.05) is 19.9 Å². The van der Waals surface area contributed by atoms with Crippen LogP contribution >= 0.6 is 11.8 Å². The molecule has 2 aromatic rings. The van der Waals surface area contributed by atoms with Gasteiger partial charge in [0.2, 0.25) is 0 Å². The predicted molar refractivity (Wildman–Crippen MR) is 105 cm³/mol. The zero-order valence-electron chi connectivity index (χ0n) is 16.4. The number of esters is 1. The Hall–Kier alpha value is -2.08. The molecule has 0 N–H and O–H groups in total. The quantitative estimate of drug-likeness (QED) is 0.511. The molecule has 0 fully saturated rings. The number of thioether (sulfide) groups is 1. The van der Waals surface area contributed by atoms with Crippen LogP contribution in [0.4, 0.5) is 4.39 Å².